The molecule has 1 heterocycles. The molecule has 0 atom stereocenters. The van der Waals surface area contributed by atoms with Crippen LogP contribution in [0.25, 0.3) is 0 Å². The minimum atomic E-state index is 0.739. The molecule has 80 valence electrons. The summed E-state index contributed by atoms with van der Waals surface area (Å²) in [5, 5.41) is 11.1. The Balaban J connectivity index is 2.12. The Bertz CT molecular complexity index is 462. The maximum absolute atomic E-state index is 4.14. The molecule has 0 bridgehead atoms. The second-order valence-electron chi connectivity index (χ2n) is 3.19. The van der Waals surface area contributed by atoms with Gasteiger partial charge in [0.25, 0.3) is 0 Å². The van der Waals surface area contributed by atoms with Gasteiger partial charge in [-0.1, -0.05) is 18.2 Å². The molecule has 0 radical (unpaired) electrons. The minimum Gasteiger partial charge on any atom is -0.373 e. The van der Waals surface area contributed by atoms with Gasteiger partial charge in [0, 0.05) is 7.05 Å². The van der Waals surface area contributed by atoms with Crippen molar-refractivity contribution in [2.45, 2.75) is 0 Å². The minimum absolute atomic E-state index is 0.739. The first kappa shape index (κ1) is 10.3. The monoisotopic (exact) mass is 212 g/mol. The van der Waals surface area contributed by atoms with Crippen LogP contribution in [0.5, 0.6) is 0 Å². The van der Waals surface area contributed by atoms with Crippen molar-refractivity contribution in [2.75, 3.05) is 12.4 Å². The molecule has 0 aliphatic carbocycles. The van der Waals surface area contributed by atoms with E-state index in [9.17, 15) is 0 Å². The van der Waals surface area contributed by atoms with E-state index in [-0.39, 0.29) is 0 Å². The fourth-order valence-electron chi connectivity index (χ4n) is 1.20. The average molecular weight is 212 g/mol. The number of nitrogens with zero attached hydrogens (tertiary/aromatic N) is 3. The molecule has 0 aliphatic heterocycles. The van der Waals surface area contributed by atoms with Crippen LogP contribution in [0.3, 0.4) is 0 Å². The zero-order chi connectivity index (χ0) is 11.2. The summed E-state index contributed by atoms with van der Waals surface area (Å²) in [6.07, 6.45) is 1.68. The molecule has 2 rings (SSSR count). The van der Waals surface area contributed by atoms with E-state index >= 15 is 0 Å². The van der Waals surface area contributed by atoms with Gasteiger partial charge in [0.05, 0.1) is 11.9 Å². The molecular formula is C12H12N4. The first-order chi connectivity index (χ1) is 7.88. The molecule has 4 nitrogen and oxygen atoms in total. The third-order valence-electron chi connectivity index (χ3n) is 2.04. The predicted molar refractivity (Wildman–Crippen MR) is 64.4 cm³/mol. The van der Waals surface area contributed by atoms with E-state index in [0.717, 1.165) is 17.2 Å². The third kappa shape index (κ3) is 2.63. The van der Waals surface area contributed by atoms with Crippen LogP contribution in [0.4, 0.5) is 17.2 Å². The van der Waals surface area contributed by atoms with Crippen LogP contribution < -0.4 is 5.32 Å². The summed E-state index contributed by atoms with van der Waals surface area (Å²) >= 11 is 0. The van der Waals surface area contributed by atoms with Crippen LogP contribution in [0.15, 0.2) is 58.9 Å². The van der Waals surface area contributed by atoms with Crippen molar-refractivity contribution < 1.29 is 0 Å². The number of hydrogen-bond donors (Lipinski definition) is 1. The van der Waals surface area contributed by atoms with Crippen molar-refractivity contribution in [3.63, 3.8) is 0 Å². The van der Waals surface area contributed by atoms with Gasteiger partial charge in [0.2, 0.25) is 0 Å². The summed E-state index contributed by atoms with van der Waals surface area (Å²) in [5.74, 6) is 0.818. The van der Waals surface area contributed by atoms with E-state index in [1.54, 1.807) is 6.20 Å². The summed E-state index contributed by atoms with van der Waals surface area (Å²) in [5.41, 5.74) is 1.57. The lowest BCUT2D eigenvalue weighted by Crippen LogP contribution is -1.89. The summed E-state index contributed by atoms with van der Waals surface area (Å²) in [6, 6.07) is 13.3. The Morgan fingerprint density at radius 3 is 2.31 bits per heavy atom. The second kappa shape index (κ2) is 5.02. The second-order valence-corrected chi connectivity index (χ2v) is 3.19. The van der Waals surface area contributed by atoms with E-state index in [4.69, 9.17) is 0 Å². The highest BCUT2D eigenvalue weighted by Gasteiger charge is 1.92. The molecular weight excluding hydrogens is 200 g/mol. The summed E-state index contributed by atoms with van der Waals surface area (Å²) < 4.78 is 0. The molecule has 0 spiro atoms. The third-order valence-corrected chi connectivity index (χ3v) is 2.04. The van der Waals surface area contributed by atoms with Crippen molar-refractivity contribution in [3.05, 3.63) is 48.7 Å². The largest absolute Gasteiger partial charge is 0.373 e. The molecule has 0 saturated heterocycles. The summed E-state index contributed by atoms with van der Waals surface area (Å²) in [6.45, 7) is 0. The van der Waals surface area contributed by atoms with Crippen molar-refractivity contribution in [1.29, 1.82) is 0 Å². The first-order valence-corrected chi connectivity index (χ1v) is 4.99. The van der Waals surface area contributed by atoms with Gasteiger partial charge in [0.15, 0.2) is 0 Å². The number of anilines is 1. The highest BCUT2D eigenvalue weighted by molar-refractivity contribution is 5.43. The maximum atomic E-state index is 4.14. The van der Waals surface area contributed by atoms with E-state index in [0.29, 0.717) is 0 Å². The van der Waals surface area contributed by atoms with Gasteiger partial charge >= 0.3 is 0 Å². The smallest absolute Gasteiger partial charge is 0.125 e. The number of pyridine rings is 1. The van der Waals surface area contributed by atoms with Crippen LogP contribution >= 0.6 is 0 Å². The lowest BCUT2D eigenvalue weighted by Gasteiger charge is -1.97. The Labute approximate surface area is 94.1 Å². The summed E-state index contributed by atoms with van der Waals surface area (Å²) in [7, 11) is 1.83. The molecule has 0 saturated carbocycles. The van der Waals surface area contributed by atoms with E-state index < -0.39 is 0 Å². The Morgan fingerprint density at radius 1 is 0.938 bits per heavy atom. The molecule has 0 aliphatic rings. The van der Waals surface area contributed by atoms with E-state index in [1.807, 2.05) is 49.5 Å². The lowest BCUT2D eigenvalue weighted by molar-refractivity contribution is 1.19. The quantitative estimate of drug-likeness (QED) is 0.791. The van der Waals surface area contributed by atoms with Gasteiger partial charge in [-0.05, 0) is 24.3 Å². The van der Waals surface area contributed by atoms with Gasteiger partial charge in [-0.25, -0.2) is 4.98 Å². The lowest BCUT2D eigenvalue weighted by atomic mass is 10.3. The fourth-order valence-corrected chi connectivity index (χ4v) is 1.20. The van der Waals surface area contributed by atoms with Gasteiger partial charge in [-0.15, -0.1) is 5.11 Å². The van der Waals surface area contributed by atoms with E-state index in [2.05, 4.69) is 20.5 Å². The van der Waals surface area contributed by atoms with Gasteiger partial charge in [-0.2, -0.15) is 5.11 Å². The Kier molecular flexibility index (Phi) is 3.23. The Morgan fingerprint density at radius 2 is 1.69 bits per heavy atom. The molecule has 0 fully saturated rings. The predicted octanol–water partition coefficient (Wildman–Crippen LogP) is 3.54. The first-order valence-electron chi connectivity index (χ1n) is 4.99. The topological polar surface area (TPSA) is 49.6 Å². The molecule has 0 amide bonds. The molecule has 2 aromatic rings. The van der Waals surface area contributed by atoms with Gasteiger partial charge < -0.3 is 5.32 Å². The zero-order valence-electron chi connectivity index (χ0n) is 8.96. The molecule has 1 N–H and O–H groups in total. The van der Waals surface area contributed by atoms with Crippen LogP contribution in [-0.4, -0.2) is 12.0 Å². The summed E-state index contributed by atoms with van der Waals surface area (Å²) in [4.78, 5) is 4.14. The molecule has 1 aromatic carbocycles. The number of benzene rings is 1. The molecule has 0 unspecified atom stereocenters. The van der Waals surface area contributed by atoms with Crippen LogP contribution in [-0.2, 0) is 0 Å². The van der Waals surface area contributed by atoms with Gasteiger partial charge in [0.1, 0.15) is 11.5 Å². The zero-order valence-corrected chi connectivity index (χ0v) is 8.96. The van der Waals surface area contributed by atoms with Crippen molar-refractivity contribution in [1.82, 2.24) is 4.98 Å². The number of azo groups is 1. The number of nitrogens with one attached hydrogen (secondary N) is 1. The SMILES string of the molecule is CNc1ccc(N=Nc2ccccc2)cn1. The maximum Gasteiger partial charge on any atom is 0.125 e. The van der Waals surface area contributed by atoms with Crippen molar-refractivity contribution in [3.8, 4) is 0 Å². The Hall–Kier alpha value is -2.23. The molecule has 1 aromatic heterocycles. The van der Waals surface area contributed by atoms with E-state index in [1.165, 1.54) is 0 Å². The molecule has 4 heteroatoms. The average Bonchev–Trinajstić information content (AvgIpc) is 2.38. The van der Waals surface area contributed by atoms with Crippen molar-refractivity contribution in [2.24, 2.45) is 10.2 Å². The molecule has 16 heavy (non-hydrogen) atoms. The normalized spacial score (nSPS) is 10.6. The number of rotatable bonds is 3. The standard InChI is InChI=1S/C12H12N4/c1-13-12-8-7-11(9-14-12)16-15-10-5-3-2-4-6-10/h2-9H,1H3,(H,13,14). The van der Waals surface area contributed by atoms with Gasteiger partial charge in [-0.3, -0.25) is 0 Å². The number of aromatic nitrogens is 1. The van der Waals surface area contributed by atoms with Crippen LogP contribution in [0.2, 0.25) is 0 Å². The fraction of sp³-hybridized carbons (Fsp3) is 0.0833. The highest BCUT2D eigenvalue weighted by atomic mass is 15.1. The number of hydrogen-bond acceptors (Lipinski definition) is 4. The highest BCUT2D eigenvalue weighted by Crippen LogP contribution is 2.17. The van der Waals surface area contributed by atoms with Crippen LogP contribution in [0.1, 0.15) is 0 Å². The van der Waals surface area contributed by atoms with Crippen molar-refractivity contribution >= 4 is 17.2 Å². The van der Waals surface area contributed by atoms with Crippen LogP contribution in [0, 0.1) is 0 Å².